The van der Waals surface area contributed by atoms with Crippen LogP contribution in [0.15, 0.2) is 41.2 Å². The Morgan fingerprint density at radius 1 is 1.40 bits per heavy atom. The van der Waals surface area contributed by atoms with Crippen LogP contribution in [0.25, 0.3) is 0 Å². The van der Waals surface area contributed by atoms with Crippen LogP contribution in [-0.2, 0) is 6.54 Å². The summed E-state index contributed by atoms with van der Waals surface area (Å²) in [5.74, 6) is -0.137. The normalized spacial score (nSPS) is 12.7. The van der Waals surface area contributed by atoms with Gasteiger partial charge in [0.05, 0.1) is 19.6 Å². The average molecular weight is 278 g/mol. The predicted octanol–water partition coefficient (Wildman–Crippen LogP) is 2.56. The Balaban J connectivity index is 2.16. The Morgan fingerprint density at radius 2 is 2.20 bits per heavy atom. The lowest BCUT2D eigenvalue weighted by molar-refractivity contribution is 0.240. The van der Waals surface area contributed by atoms with Gasteiger partial charge in [0.15, 0.2) is 11.6 Å². The van der Waals surface area contributed by atoms with Crippen molar-refractivity contribution >= 4 is 0 Å². The number of rotatable bonds is 6. The summed E-state index contributed by atoms with van der Waals surface area (Å²) < 4.78 is 23.8. The molecule has 0 bridgehead atoms. The molecule has 0 aliphatic carbocycles. The van der Waals surface area contributed by atoms with Crippen LogP contribution < -0.4 is 10.5 Å². The Morgan fingerprint density at radius 3 is 2.75 bits per heavy atom. The molecule has 1 unspecified atom stereocenters. The number of nitrogens with two attached hydrogens (primary N) is 1. The summed E-state index contributed by atoms with van der Waals surface area (Å²) in [5.41, 5.74) is 7.72. The smallest absolute Gasteiger partial charge is 0.165 e. The number of nitrogens with zero attached hydrogens (tertiary/aromatic N) is 1. The fourth-order valence-corrected chi connectivity index (χ4v) is 2.24. The molecule has 0 saturated carbocycles. The first-order valence-corrected chi connectivity index (χ1v) is 6.40. The number of furan rings is 1. The molecular formula is C15H19FN2O2. The summed E-state index contributed by atoms with van der Waals surface area (Å²) >= 11 is 0. The van der Waals surface area contributed by atoms with E-state index in [2.05, 4.69) is 4.90 Å². The van der Waals surface area contributed by atoms with Crippen molar-refractivity contribution in [3.05, 3.63) is 53.7 Å². The molecule has 1 aromatic heterocycles. The Kier molecular flexibility index (Phi) is 4.76. The second-order valence-corrected chi connectivity index (χ2v) is 4.69. The van der Waals surface area contributed by atoms with E-state index in [9.17, 15) is 4.39 Å². The highest BCUT2D eigenvalue weighted by Crippen LogP contribution is 2.25. The summed E-state index contributed by atoms with van der Waals surface area (Å²) in [4.78, 5) is 2.06. The number of hydrogen-bond acceptors (Lipinski definition) is 4. The molecule has 1 atom stereocenters. The van der Waals surface area contributed by atoms with Crippen LogP contribution in [0.4, 0.5) is 4.39 Å². The van der Waals surface area contributed by atoms with Crippen LogP contribution in [0, 0.1) is 5.82 Å². The lowest BCUT2D eigenvalue weighted by Gasteiger charge is -2.27. The fourth-order valence-electron chi connectivity index (χ4n) is 2.24. The molecule has 5 heteroatoms. The van der Waals surface area contributed by atoms with Crippen LogP contribution in [0.1, 0.15) is 17.2 Å². The molecule has 1 heterocycles. The van der Waals surface area contributed by atoms with Gasteiger partial charge in [0.2, 0.25) is 0 Å². The summed E-state index contributed by atoms with van der Waals surface area (Å²) in [6.45, 7) is 1.09. The van der Waals surface area contributed by atoms with Crippen LogP contribution >= 0.6 is 0 Å². The molecule has 0 spiro atoms. The third-order valence-electron chi connectivity index (χ3n) is 3.33. The van der Waals surface area contributed by atoms with E-state index in [0.29, 0.717) is 13.1 Å². The van der Waals surface area contributed by atoms with Crippen molar-refractivity contribution in [1.29, 1.82) is 0 Å². The molecule has 0 aliphatic rings. The molecule has 0 amide bonds. The molecule has 1 aromatic carbocycles. The number of ether oxygens (including phenoxy) is 1. The van der Waals surface area contributed by atoms with Crippen LogP contribution in [-0.4, -0.2) is 25.6 Å². The summed E-state index contributed by atoms with van der Waals surface area (Å²) in [5, 5.41) is 0. The molecule has 0 fully saturated rings. The van der Waals surface area contributed by atoms with E-state index in [1.54, 1.807) is 18.6 Å². The van der Waals surface area contributed by atoms with Crippen LogP contribution in [0.3, 0.4) is 0 Å². The first kappa shape index (κ1) is 14.6. The van der Waals surface area contributed by atoms with E-state index < -0.39 is 0 Å². The molecule has 20 heavy (non-hydrogen) atoms. The topological polar surface area (TPSA) is 51.6 Å². The maximum atomic E-state index is 13.8. The maximum Gasteiger partial charge on any atom is 0.165 e. The zero-order chi connectivity index (χ0) is 14.5. The van der Waals surface area contributed by atoms with Gasteiger partial charge < -0.3 is 14.9 Å². The molecule has 4 nitrogen and oxygen atoms in total. The van der Waals surface area contributed by atoms with Crippen LogP contribution in [0.5, 0.6) is 5.75 Å². The molecule has 0 aliphatic heterocycles. The minimum Gasteiger partial charge on any atom is -0.494 e. The van der Waals surface area contributed by atoms with Crippen molar-refractivity contribution in [2.75, 3.05) is 20.7 Å². The number of likely N-dealkylation sites (N-methyl/N-ethyl adjacent to an activating group) is 1. The molecule has 2 N–H and O–H groups in total. The van der Waals surface area contributed by atoms with E-state index in [1.807, 2.05) is 19.2 Å². The van der Waals surface area contributed by atoms with Gasteiger partial charge in [-0.3, -0.25) is 4.90 Å². The van der Waals surface area contributed by atoms with Gasteiger partial charge in [-0.1, -0.05) is 6.07 Å². The molecule has 0 radical (unpaired) electrons. The van der Waals surface area contributed by atoms with Gasteiger partial charge in [-0.05, 0) is 30.8 Å². The highest BCUT2D eigenvalue weighted by molar-refractivity contribution is 5.31. The van der Waals surface area contributed by atoms with Crippen molar-refractivity contribution < 1.29 is 13.5 Å². The van der Waals surface area contributed by atoms with E-state index in [0.717, 1.165) is 11.1 Å². The lowest BCUT2D eigenvalue weighted by Crippen LogP contribution is -2.30. The summed E-state index contributed by atoms with van der Waals surface area (Å²) in [6.07, 6.45) is 3.33. The van der Waals surface area contributed by atoms with Crippen molar-refractivity contribution in [3.8, 4) is 5.75 Å². The van der Waals surface area contributed by atoms with E-state index in [-0.39, 0.29) is 17.6 Å². The van der Waals surface area contributed by atoms with Gasteiger partial charge in [0.1, 0.15) is 0 Å². The summed E-state index contributed by atoms with van der Waals surface area (Å²) in [7, 11) is 3.40. The number of benzene rings is 1. The number of methoxy groups -OCH3 is 1. The van der Waals surface area contributed by atoms with Gasteiger partial charge in [0.25, 0.3) is 0 Å². The minimum absolute atomic E-state index is 0.0645. The van der Waals surface area contributed by atoms with E-state index in [1.165, 1.54) is 13.2 Å². The monoisotopic (exact) mass is 278 g/mol. The van der Waals surface area contributed by atoms with Crippen molar-refractivity contribution in [1.82, 2.24) is 4.90 Å². The van der Waals surface area contributed by atoms with E-state index in [4.69, 9.17) is 14.9 Å². The average Bonchev–Trinajstić information content (AvgIpc) is 2.92. The zero-order valence-corrected chi connectivity index (χ0v) is 11.7. The van der Waals surface area contributed by atoms with Gasteiger partial charge in [-0.2, -0.15) is 0 Å². The van der Waals surface area contributed by atoms with E-state index >= 15 is 0 Å². The molecule has 2 rings (SSSR count). The van der Waals surface area contributed by atoms with Gasteiger partial charge in [0, 0.05) is 24.7 Å². The van der Waals surface area contributed by atoms with Crippen LogP contribution in [0.2, 0.25) is 0 Å². The Hall–Kier alpha value is -1.85. The minimum atomic E-state index is -0.375. The van der Waals surface area contributed by atoms with Gasteiger partial charge in [-0.25, -0.2) is 4.39 Å². The largest absolute Gasteiger partial charge is 0.494 e. The quantitative estimate of drug-likeness (QED) is 0.882. The van der Waals surface area contributed by atoms with Crippen molar-refractivity contribution in [2.24, 2.45) is 5.73 Å². The SMILES string of the molecule is COc1ccc(C(CN)N(C)Cc2ccoc2)cc1F. The van der Waals surface area contributed by atoms with Crippen molar-refractivity contribution in [2.45, 2.75) is 12.6 Å². The maximum absolute atomic E-state index is 13.8. The highest BCUT2D eigenvalue weighted by Gasteiger charge is 2.17. The molecular weight excluding hydrogens is 259 g/mol. The number of halogens is 1. The summed E-state index contributed by atoms with van der Waals surface area (Å²) in [6, 6.07) is 6.77. The molecule has 0 saturated heterocycles. The standard InChI is InChI=1S/C15H19FN2O2/c1-18(9-11-5-6-20-10-11)14(8-17)12-3-4-15(19-2)13(16)7-12/h3-7,10,14H,8-9,17H2,1-2H3. The molecule has 2 aromatic rings. The lowest BCUT2D eigenvalue weighted by atomic mass is 10.0. The van der Waals surface area contributed by atoms with Gasteiger partial charge in [-0.15, -0.1) is 0 Å². The Labute approximate surface area is 117 Å². The third-order valence-corrected chi connectivity index (χ3v) is 3.33. The first-order valence-electron chi connectivity index (χ1n) is 6.40. The highest BCUT2D eigenvalue weighted by atomic mass is 19.1. The fraction of sp³-hybridized carbons (Fsp3) is 0.333. The first-order chi connectivity index (χ1) is 9.65. The second-order valence-electron chi connectivity index (χ2n) is 4.69. The predicted molar refractivity (Wildman–Crippen MR) is 74.9 cm³/mol. The zero-order valence-electron chi connectivity index (χ0n) is 11.7. The third kappa shape index (κ3) is 3.18. The number of hydrogen-bond donors (Lipinski definition) is 1. The molecule has 108 valence electrons. The van der Waals surface area contributed by atoms with Crippen molar-refractivity contribution in [3.63, 3.8) is 0 Å². The Bertz CT molecular complexity index is 543. The van der Waals surface area contributed by atoms with Gasteiger partial charge >= 0.3 is 0 Å². The second kappa shape index (κ2) is 6.54.